The highest BCUT2D eigenvalue weighted by atomic mass is 16.2. The second-order valence-electron chi connectivity index (χ2n) is 6.41. The van der Waals surface area contributed by atoms with Crippen molar-refractivity contribution < 1.29 is 9.59 Å². The van der Waals surface area contributed by atoms with Crippen molar-refractivity contribution in [2.24, 2.45) is 0 Å². The van der Waals surface area contributed by atoms with E-state index in [1.165, 1.54) is 0 Å². The van der Waals surface area contributed by atoms with E-state index >= 15 is 0 Å². The molecule has 0 N–H and O–H groups in total. The Bertz CT molecular complexity index is 918. The van der Waals surface area contributed by atoms with Crippen LogP contribution in [0.2, 0.25) is 0 Å². The van der Waals surface area contributed by atoms with Gasteiger partial charge in [0.2, 0.25) is 0 Å². The molecule has 0 atom stereocenters. The molecule has 2 nitrogen and oxygen atoms in total. The normalized spacial score (nSPS) is 15.2. The Labute approximate surface area is 147 Å². The second kappa shape index (κ2) is 5.82. The number of carbonyl (C=O) groups excluding carboxylic acids is 2. The number of hydrogen-bond donors (Lipinski definition) is 0. The van der Waals surface area contributed by atoms with Gasteiger partial charge in [0.25, 0.3) is 0 Å². The van der Waals surface area contributed by atoms with Crippen molar-refractivity contribution >= 4 is 11.6 Å². The molecule has 3 aromatic carbocycles. The third-order valence-corrected chi connectivity index (χ3v) is 5.21. The van der Waals surface area contributed by atoms with Gasteiger partial charge >= 0.3 is 0 Å². The third-order valence-electron chi connectivity index (χ3n) is 5.21. The Morgan fingerprint density at radius 2 is 1.12 bits per heavy atom. The first-order chi connectivity index (χ1) is 12.2. The van der Waals surface area contributed by atoms with E-state index in [1.807, 2.05) is 73.7 Å². The van der Waals surface area contributed by atoms with Crippen molar-refractivity contribution in [1.82, 2.24) is 0 Å². The summed E-state index contributed by atoms with van der Waals surface area (Å²) in [6.07, 6.45) is 0.462. The Kier molecular flexibility index (Phi) is 3.61. The van der Waals surface area contributed by atoms with Crippen LogP contribution in [0.1, 0.15) is 39.6 Å². The van der Waals surface area contributed by atoms with E-state index < -0.39 is 5.41 Å². The zero-order valence-electron chi connectivity index (χ0n) is 14.0. The summed E-state index contributed by atoms with van der Waals surface area (Å²) in [5.74, 6) is -0.161. The van der Waals surface area contributed by atoms with Crippen molar-refractivity contribution in [2.45, 2.75) is 18.8 Å². The van der Waals surface area contributed by atoms with Crippen LogP contribution in [0.5, 0.6) is 0 Å². The SMILES string of the molecule is CCC1(c2ccc(-c3ccccc3)cc2)C(=O)c2ccccc2C1=O. The largest absolute Gasteiger partial charge is 0.293 e. The monoisotopic (exact) mass is 326 g/mol. The van der Waals surface area contributed by atoms with Gasteiger partial charge in [0, 0.05) is 11.1 Å². The predicted octanol–water partition coefficient (Wildman–Crippen LogP) is 5.08. The summed E-state index contributed by atoms with van der Waals surface area (Å²) < 4.78 is 0. The number of fused-ring (bicyclic) bond motifs is 1. The van der Waals surface area contributed by atoms with Gasteiger partial charge in [0.1, 0.15) is 5.41 Å². The van der Waals surface area contributed by atoms with Crippen LogP contribution in [0, 0.1) is 0 Å². The van der Waals surface area contributed by atoms with Crippen LogP contribution >= 0.6 is 0 Å². The maximum absolute atomic E-state index is 13.1. The first kappa shape index (κ1) is 15.5. The Morgan fingerprint density at radius 3 is 1.64 bits per heavy atom. The van der Waals surface area contributed by atoms with E-state index in [2.05, 4.69) is 0 Å². The fourth-order valence-corrected chi connectivity index (χ4v) is 3.81. The van der Waals surface area contributed by atoms with E-state index in [-0.39, 0.29) is 11.6 Å². The summed E-state index contributed by atoms with van der Waals surface area (Å²) in [5.41, 5.74) is 2.97. The minimum absolute atomic E-state index is 0.0805. The van der Waals surface area contributed by atoms with Crippen molar-refractivity contribution in [1.29, 1.82) is 0 Å². The number of Topliss-reactive ketones (excluding diaryl/α,β-unsaturated/α-hetero) is 2. The lowest BCUT2D eigenvalue weighted by molar-refractivity contribution is 0.0789. The summed E-state index contributed by atoms with van der Waals surface area (Å²) in [7, 11) is 0. The van der Waals surface area contributed by atoms with Crippen LogP contribution in [0.15, 0.2) is 78.9 Å². The summed E-state index contributed by atoms with van der Waals surface area (Å²) in [4.78, 5) is 26.2. The van der Waals surface area contributed by atoms with Crippen LogP contribution in [-0.2, 0) is 5.41 Å². The number of carbonyl (C=O) groups is 2. The molecule has 0 aliphatic heterocycles. The van der Waals surface area contributed by atoms with Crippen molar-refractivity contribution in [3.63, 3.8) is 0 Å². The molecule has 0 spiro atoms. The van der Waals surface area contributed by atoms with Gasteiger partial charge in [0.05, 0.1) is 0 Å². The van der Waals surface area contributed by atoms with E-state index in [9.17, 15) is 9.59 Å². The lowest BCUT2D eigenvalue weighted by Gasteiger charge is -2.25. The zero-order chi connectivity index (χ0) is 17.4. The molecule has 0 amide bonds. The molecular weight excluding hydrogens is 308 g/mol. The molecule has 0 saturated carbocycles. The maximum atomic E-state index is 13.1. The van der Waals surface area contributed by atoms with E-state index in [1.54, 1.807) is 12.1 Å². The molecule has 1 aliphatic rings. The van der Waals surface area contributed by atoms with Crippen LogP contribution < -0.4 is 0 Å². The smallest absolute Gasteiger partial charge is 0.181 e. The van der Waals surface area contributed by atoms with Crippen molar-refractivity contribution in [3.8, 4) is 11.1 Å². The standard InChI is InChI=1S/C23H18O2/c1-2-23(21(24)19-10-6-7-11-20(19)22(23)25)18-14-12-17(13-15-18)16-8-4-3-5-9-16/h3-15H,2H2,1H3. The fraction of sp³-hybridized carbons (Fsp3) is 0.130. The summed E-state index contributed by atoms with van der Waals surface area (Å²) >= 11 is 0. The quantitative estimate of drug-likeness (QED) is 0.629. The van der Waals surface area contributed by atoms with Crippen molar-refractivity contribution in [2.75, 3.05) is 0 Å². The third kappa shape index (κ3) is 2.18. The lowest BCUT2D eigenvalue weighted by atomic mass is 9.73. The molecule has 122 valence electrons. The molecular formula is C23H18O2. The summed E-state index contributed by atoms with van der Waals surface area (Å²) in [6.45, 7) is 1.91. The first-order valence-electron chi connectivity index (χ1n) is 8.53. The molecule has 4 rings (SSSR count). The molecule has 1 aliphatic carbocycles. The Hall–Kier alpha value is -3.00. The van der Waals surface area contributed by atoms with E-state index in [0.29, 0.717) is 17.5 Å². The average molecular weight is 326 g/mol. The van der Waals surface area contributed by atoms with Gasteiger partial charge < -0.3 is 0 Å². The molecule has 0 heterocycles. The number of benzene rings is 3. The van der Waals surface area contributed by atoms with E-state index in [4.69, 9.17) is 0 Å². The van der Waals surface area contributed by atoms with Crippen molar-refractivity contribution in [3.05, 3.63) is 95.6 Å². The number of ketones is 2. The highest BCUT2D eigenvalue weighted by molar-refractivity contribution is 6.33. The Morgan fingerprint density at radius 1 is 0.640 bits per heavy atom. The van der Waals surface area contributed by atoms with Gasteiger partial charge in [-0.1, -0.05) is 85.8 Å². The summed E-state index contributed by atoms with van der Waals surface area (Å²) in [5, 5.41) is 0. The molecule has 0 radical (unpaired) electrons. The minimum Gasteiger partial charge on any atom is -0.293 e. The molecule has 3 aromatic rings. The zero-order valence-corrected chi connectivity index (χ0v) is 14.0. The molecule has 0 fully saturated rings. The number of rotatable bonds is 3. The van der Waals surface area contributed by atoms with Gasteiger partial charge in [-0.25, -0.2) is 0 Å². The topological polar surface area (TPSA) is 34.1 Å². The lowest BCUT2D eigenvalue weighted by Crippen LogP contribution is -2.37. The van der Waals surface area contributed by atoms with Gasteiger partial charge in [-0.15, -0.1) is 0 Å². The highest BCUT2D eigenvalue weighted by Gasteiger charge is 2.52. The molecule has 2 heteroatoms. The molecule has 0 saturated heterocycles. The van der Waals surface area contributed by atoms with Crippen LogP contribution in [0.3, 0.4) is 0 Å². The van der Waals surface area contributed by atoms with Gasteiger partial charge in [0.15, 0.2) is 11.6 Å². The predicted molar refractivity (Wildman–Crippen MR) is 99.0 cm³/mol. The van der Waals surface area contributed by atoms with Crippen LogP contribution in [0.4, 0.5) is 0 Å². The van der Waals surface area contributed by atoms with Crippen LogP contribution in [-0.4, -0.2) is 11.6 Å². The van der Waals surface area contributed by atoms with E-state index in [0.717, 1.165) is 16.7 Å². The maximum Gasteiger partial charge on any atom is 0.181 e. The molecule has 0 unspecified atom stereocenters. The average Bonchev–Trinajstić information content (AvgIpc) is 2.91. The minimum atomic E-state index is -1.08. The number of hydrogen-bond acceptors (Lipinski definition) is 2. The molecule has 25 heavy (non-hydrogen) atoms. The molecule has 0 aromatic heterocycles. The fourth-order valence-electron chi connectivity index (χ4n) is 3.81. The van der Waals surface area contributed by atoms with Crippen LogP contribution in [0.25, 0.3) is 11.1 Å². The first-order valence-corrected chi connectivity index (χ1v) is 8.53. The Balaban J connectivity index is 1.80. The van der Waals surface area contributed by atoms with Gasteiger partial charge in [-0.05, 0) is 23.1 Å². The highest BCUT2D eigenvalue weighted by Crippen LogP contribution is 2.42. The summed E-state index contributed by atoms with van der Waals surface area (Å²) in [6, 6.07) is 25.0. The second-order valence-corrected chi connectivity index (χ2v) is 6.41. The van der Waals surface area contributed by atoms with Gasteiger partial charge in [-0.3, -0.25) is 9.59 Å². The molecule has 0 bridgehead atoms. The van der Waals surface area contributed by atoms with Gasteiger partial charge in [-0.2, -0.15) is 0 Å².